The average Bonchev–Trinajstić information content (AvgIpc) is 3.20. The van der Waals surface area contributed by atoms with Gasteiger partial charge in [0.2, 0.25) is 5.89 Å². The van der Waals surface area contributed by atoms with Gasteiger partial charge in [-0.25, -0.2) is 4.79 Å². The van der Waals surface area contributed by atoms with Crippen LogP contribution in [-0.2, 0) is 13.5 Å². The third-order valence-electron chi connectivity index (χ3n) is 4.29. The molecule has 1 aliphatic rings. The molecule has 0 bridgehead atoms. The van der Waals surface area contributed by atoms with Gasteiger partial charge in [-0.05, 0) is 31.2 Å². The molecule has 8 heteroatoms. The molecule has 1 N–H and O–H groups in total. The Morgan fingerprint density at radius 3 is 3.08 bits per heavy atom. The molecule has 0 aliphatic carbocycles. The van der Waals surface area contributed by atoms with E-state index in [1.807, 2.05) is 24.3 Å². The van der Waals surface area contributed by atoms with E-state index in [-0.39, 0.29) is 11.9 Å². The average molecular weight is 332 g/mol. The van der Waals surface area contributed by atoms with Gasteiger partial charge >= 0.3 is 6.03 Å². The Balaban J connectivity index is 1.42. The zero-order chi connectivity index (χ0) is 16.9. The number of aromatic nitrogens is 4. The number of carbonyl (C=O) groups excluding carboxylic acids is 1. The lowest BCUT2D eigenvalue weighted by atomic mass is 9.98. The Hall–Kier alpha value is -2.38. The second kappa shape index (κ2) is 7.46. The van der Waals surface area contributed by atoms with Crippen LogP contribution in [0, 0.1) is 6.92 Å². The predicted octanol–water partition coefficient (Wildman–Crippen LogP) is 1.63. The first-order chi connectivity index (χ1) is 11.6. The molecular weight excluding hydrogens is 308 g/mol. The monoisotopic (exact) mass is 332 g/mol. The van der Waals surface area contributed by atoms with Gasteiger partial charge in [0.15, 0.2) is 5.82 Å². The first kappa shape index (κ1) is 16.5. The van der Waals surface area contributed by atoms with E-state index in [1.54, 1.807) is 11.6 Å². The molecule has 3 heterocycles. The minimum atomic E-state index is -0.00824. The van der Waals surface area contributed by atoms with Gasteiger partial charge in [0.1, 0.15) is 0 Å². The van der Waals surface area contributed by atoms with Crippen LogP contribution in [0.5, 0.6) is 0 Å². The van der Waals surface area contributed by atoms with Gasteiger partial charge in [-0.1, -0.05) is 5.16 Å². The molecule has 2 aromatic heterocycles. The topological polar surface area (TPSA) is 89.1 Å². The summed E-state index contributed by atoms with van der Waals surface area (Å²) in [5.41, 5.74) is 1.19. The van der Waals surface area contributed by atoms with Crippen LogP contribution >= 0.6 is 0 Å². The van der Waals surface area contributed by atoms with Crippen LogP contribution < -0.4 is 5.32 Å². The predicted molar refractivity (Wildman–Crippen MR) is 87.5 cm³/mol. The summed E-state index contributed by atoms with van der Waals surface area (Å²) >= 11 is 0. The van der Waals surface area contributed by atoms with Gasteiger partial charge in [0.05, 0.1) is 6.20 Å². The number of urea groups is 1. The molecule has 1 aliphatic heterocycles. The number of amides is 2. The fourth-order valence-corrected chi connectivity index (χ4v) is 3.05. The fraction of sp³-hybridized carbons (Fsp3) is 0.625. The first-order valence-electron chi connectivity index (χ1n) is 8.42. The first-order valence-corrected chi connectivity index (χ1v) is 8.42. The van der Waals surface area contributed by atoms with Crippen molar-refractivity contribution in [2.45, 2.75) is 38.5 Å². The van der Waals surface area contributed by atoms with Crippen LogP contribution in [0.4, 0.5) is 4.79 Å². The van der Waals surface area contributed by atoms with Gasteiger partial charge in [-0.15, -0.1) is 0 Å². The Kier molecular flexibility index (Phi) is 5.12. The lowest BCUT2D eigenvalue weighted by Gasteiger charge is -2.31. The molecule has 0 radical (unpaired) electrons. The number of aryl methyl sites for hydroxylation is 3. The van der Waals surface area contributed by atoms with E-state index >= 15 is 0 Å². The van der Waals surface area contributed by atoms with Crippen molar-refractivity contribution in [1.29, 1.82) is 0 Å². The molecule has 0 aromatic carbocycles. The molecule has 8 nitrogen and oxygen atoms in total. The number of likely N-dealkylation sites (tertiary alicyclic amines) is 1. The highest BCUT2D eigenvalue weighted by molar-refractivity contribution is 5.74. The number of rotatable bonds is 5. The summed E-state index contributed by atoms with van der Waals surface area (Å²) in [7, 11) is 1.91. The molecule has 2 aromatic rings. The van der Waals surface area contributed by atoms with Crippen molar-refractivity contribution in [3.8, 4) is 0 Å². The van der Waals surface area contributed by atoms with Crippen LogP contribution in [0.15, 0.2) is 16.9 Å². The number of nitrogens with one attached hydrogen (secondary N) is 1. The molecule has 0 spiro atoms. The molecular formula is C16H24N6O2. The SMILES string of the molecule is Cc1nc([C@H]2CCCN(C(=O)NCCCc3cnn(C)c3)C2)no1. The van der Waals surface area contributed by atoms with Crippen LogP contribution in [0.25, 0.3) is 0 Å². The Bertz CT molecular complexity index is 680. The molecule has 130 valence electrons. The zero-order valence-electron chi connectivity index (χ0n) is 14.2. The van der Waals surface area contributed by atoms with Crippen molar-refractivity contribution in [2.75, 3.05) is 19.6 Å². The lowest BCUT2D eigenvalue weighted by molar-refractivity contribution is 0.177. The standard InChI is InChI=1S/C16H24N6O2/c1-12-19-15(20-24-12)14-6-4-8-22(11-14)16(23)17-7-3-5-13-9-18-21(2)10-13/h9-10,14H,3-8,11H2,1-2H3,(H,17,23)/t14-/m0/s1. The molecule has 3 rings (SSSR count). The van der Waals surface area contributed by atoms with Crippen LogP contribution in [0.1, 0.15) is 42.5 Å². The van der Waals surface area contributed by atoms with Gasteiger partial charge in [-0.3, -0.25) is 4.68 Å². The maximum Gasteiger partial charge on any atom is 0.317 e. The summed E-state index contributed by atoms with van der Waals surface area (Å²) in [5, 5.41) is 11.1. The van der Waals surface area contributed by atoms with Crippen molar-refractivity contribution in [3.05, 3.63) is 29.7 Å². The third-order valence-corrected chi connectivity index (χ3v) is 4.29. The maximum absolute atomic E-state index is 12.3. The molecule has 24 heavy (non-hydrogen) atoms. The number of piperidine rings is 1. The molecule has 2 amide bonds. The van der Waals surface area contributed by atoms with E-state index in [0.717, 1.165) is 32.2 Å². The Morgan fingerprint density at radius 1 is 1.50 bits per heavy atom. The highest BCUT2D eigenvalue weighted by atomic mass is 16.5. The summed E-state index contributed by atoms with van der Waals surface area (Å²) in [6.07, 6.45) is 7.64. The molecule has 0 unspecified atom stereocenters. The smallest absolute Gasteiger partial charge is 0.317 e. The number of carbonyl (C=O) groups is 1. The molecule has 0 saturated carbocycles. The van der Waals surface area contributed by atoms with Crippen molar-refractivity contribution in [3.63, 3.8) is 0 Å². The zero-order valence-corrected chi connectivity index (χ0v) is 14.2. The van der Waals surface area contributed by atoms with Crippen LogP contribution in [0.3, 0.4) is 0 Å². The van der Waals surface area contributed by atoms with Gasteiger partial charge in [-0.2, -0.15) is 10.1 Å². The lowest BCUT2D eigenvalue weighted by Crippen LogP contribution is -2.45. The summed E-state index contributed by atoms with van der Waals surface area (Å²) in [5.74, 6) is 1.45. The van der Waals surface area contributed by atoms with Crippen LogP contribution in [-0.4, -0.2) is 50.5 Å². The Labute approximate surface area is 141 Å². The minimum Gasteiger partial charge on any atom is -0.340 e. The van der Waals surface area contributed by atoms with Crippen molar-refractivity contribution in [1.82, 2.24) is 30.1 Å². The summed E-state index contributed by atoms with van der Waals surface area (Å²) < 4.78 is 6.84. The van der Waals surface area contributed by atoms with Gasteiger partial charge in [0, 0.05) is 45.7 Å². The van der Waals surface area contributed by atoms with E-state index < -0.39 is 0 Å². The van der Waals surface area contributed by atoms with E-state index in [1.165, 1.54) is 5.56 Å². The second-order valence-electron chi connectivity index (χ2n) is 6.31. The summed E-state index contributed by atoms with van der Waals surface area (Å²) in [4.78, 5) is 18.5. The van der Waals surface area contributed by atoms with Crippen LogP contribution in [0.2, 0.25) is 0 Å². The molecule has 1 atom stereocenters. The van der Waals surface area contributed by atoms with Gasteiger partial charge in [0.25, 0.3) is 0 Å². The van der Waals surface area contributed by atoms with Crippen molar-refractivity contribution >= 4 is 6.03 Å². The van der Waals surface area contributed by atoms with Gasteiger partial charge < -0.3 is 14.7 Å². The highest BCUT2D eigenvalue weighted by Crippen LogP contribution is 2.24. The van der Waals surface area contributed by atoms with Crippen molar-refractivity contribution < 1.29 is 9.32 Å². The van der Waals surface area contributed by atoms with Crippen molar-refractivity contribution in [2.24, 2.45) is 7.05 Å². The number of hydrogen-bond acceptors (Lipinski definition) is 5. The van der Waals surface area contributed by atoms with E-state index in [2.05, 4.69) is 20.6 Å². The number of nitrogens with zero attached hydrogens (tertiary/aromatic N) is 5. The second-order valence-corrected chi connectivity index (χ2v) is 6.31. The normalized spacial score (nSPS) is 17.9. The maximum atomic E-state index is 12.3. The van der Waals surface area contributed by atoms with E-state index in [9.17, 15) is 4.79 Å². The fourth-order valence-electron chi connectivity index (χ4n) is 3.05. The minimum absolute atomic E-state index is 0.00824. The largest absolute Gasteiger partial charge is 0.340 e. The summed E-state index contributed by atoms with van der Waals surface area (Å²) in [6, 6.07) is -0.00824. The Morgan fingerprint density at radius 2 is 2.38 bits per heavy atom. The third kappa shape index (κ3) is 4.12. The van der Waals surface area contributed by atoms with E-state index in [4.69, 9.17) is 4.52 Å². The number of hydrogen-bond donors (Lipinski definition) is 1. The quantitative estimate of drug-likeness (QED) is 0.841. The summed E-state index contributed by atoms with van der Waals surface area (Å²) in [6.45, 7) is 3.87. The molecule has 1 fully saturated rings. The molecule has 1 saturated heterocycles. The van der Waals surface area contributed by atoms with E-state index in [0.29, 0.717) is 24.8 Å². The highest BCUT2D eigenvalue weighted by Gasteiger charge is 2.27.